The van der Waals surface area contributed by atoms with Crippen LogP contribution in [0.3, 0.4) is 0 Å². The normalized spacial score (nSPS) is 33.2. The zero-order valence-corrected chi connectivity index (χ0v) is 12.1. The molecule has 0 aliphatic carbocycles. The van der Waals surface area contributed by atoms with Gasteiger partial charge in [-0.15, -0.1) is 0 Å². The molecular formula is C15H20O7. The SMILES string of the molecule is C[C@H](C(=O)O[C@@H]1[C@@H](O)[C@H](O)[C@@H](CO)O[C@H]1O)c1ccccc1. The number of carbonyl (C=O) groups excluding carboxylic acids is 1. The van der Waals surface area contributed by atoms with Gasteiger partial charge in [0.1, 0.15) is 18.3 Å². The van der Waals surface area contributed by atoms with Gasteiger partial charge in [0, 0.05) is 0 Å². The molecule has 6 atom stereocenters. The Hall–Kier alpha value is -1.51. The Labute approximate surface area is 127 Å². The van der Waals surface area contributed by atoms with Gasteiger partial charge in [-0.1, -0.05) is 30.3 Å². The Morgan fingerprint density at radius 2 is 1.86 bits per heavy atom. The zero-order chi connectivity index (χ0) is 16.3. The van der Waals surface area contributed by atoms with Gasteiger partial charge in [-0.2, -0.15) is 0 Å². The Morgan fingerprint density at radius 1 is 1.23 bits per heavy atom. The van der Waals surface area contributed by atoms with Crippen LogP contribution < -0.4 is 0 Å². The van der Waals surface area contributed by atoms with Crippen LogP contribution in [-0.4, -0.2) is 63.7 Å². The van der Waals surface area contributed by atoms with E-state index < -0.39 is 49.2 Å². The molecule has 7 nitrogen and oxygen atoms in total. The molecule has 1 aromatic carbocycles. The van der Waals surface area contributed by atoms with E-state index in [2.05, 4.69) is 0 Å². The standard InChI is InChI=1S/C15H20O7/c1-8(9-5-3-2-4-6-9)14(19)22-13-12(18)11(17)10(7-16)21-15(13)20/h2-6,8,10-13,15-18,20H,7H2,1H3/t8-,10+,11+,12-,13+,15+/m0/s1. The van der Waals surface area contributed by atoms with Crippen molar-refractivity contribution < 1.29 is 34.7 Å². The highest BCUT2D eigenvalue weighted by Gasteiger charge is 2.46. The number of rotatable bonds is 4. The fraction of sp³-hybridized carbons (Fsp3) is 0.533. The fourth-order valence-corrected chi connectivity index (χ4v) is 2.31. The van der Waals surface area contributed by atoms with Gasteiger partial charge < -0.3 is 29.9 Å². The fourth-order valence-electron chi connectivity index (χ4n) is 2.31. The zero-order valence-electron chi connectivity index (χ0n) is 12.1. The predicted molar refractivity (Wildman–Crippen MR) is 74.7 cm³/mol. The minimum Gasteiger partial charge on any atom is -0.454 e. The largest absolute Gasteiger partial charge is 0.454 e. The molecule has 0 radical (unpaired) electrons. The van der Waals surface area contributed by atoms with Gasteiger partial charge in [0.05, 0.1) is 12.5 Å². The lowest BCUT2D eigenvalue weighted by Crippen LogP contribution is -2.59. The van der Waals surface area contributed by atoms with E-state index in [1.165, 1.54) is 0 Å². The molecule has 0 unspecified atom stereocenters. The summed E-state index contributed by atoms with van der Waals surface area (Å²) in [6.45, 7) is 1.06. The molecule has 22 heavy (non-hydrogen) atoms. The topological polar surface area (TPSA) is 116 Å². The molecule has 7 heteroatoms. The number of aliphatic hydroxyl groups excluding tert-OH is 4. The van der Waals surface area contributed by atoms with Gasteiger partial charge in [-0.3, -0.25) is 4.79 Å². The van der Waals surface area contributed by atoms with E-state index in [0.717, 1.165) is 5.56 Å². The Bertz CT molecular complexity index is 492. The first-order valence-electron chi connectivity index (χ1n) is 7.01. The van der Waals surface area contributed by atoms with E-state index in [0.29, 0.717) is 0 Å². The second-order valence-corrected chi connectivity index (χ2v) is 5.26. The number of hydrogen-bond acceptors (Lipinski definition) is 7. The van der Waals surface area contributed by atoms with Gasteiger partial charge in [0.25, 0.3) is 0 Å². The molecule has 0 spiro atoms. The van der Waals surface area contributed by atoms with Crippen molar-refractivity contribution in [1.29, 1.82) is 0 Å². The maximum Gasteiger partial charge on any atom is 0.313 e. The second kappa shape index (κ2) is 7.17. The van der Waals surface area contributed by atoms with Gasteiger partial charge >= 0.3 is 5.97 Å². The van der Waals surface area contributed by atoms with Crippen LogP contribution in [0.1, 0.15) is 18.4 Å². The summed E-state index contributed by atoms with van der Waals surface area (Å²) in [5.74, 6) is -1.26. The monoisotopic (exact) mass is 312 g/mol. The van der Waals surface area contributed by atoms with Crippen LogP contribution in [0.2, 0.25) is 0 Å². The van der Waals surface area contributed by atoms with Crippen LogP contribution in [0.4, 0.5) is 0 Å². The Morgan fingerprint density at radius 3 is 2.45 bits per heavy atom. The number of esters is 1. The summed E-state index contributed by atoms with van der Waals surface area (Å²) in [6, 6.07) is 8.89. The third kappa shape index (κ3) is 3.45. The number of benzene rings is 1. The number of carbonyl (C=O) groups is 1. The van der Waals surface area contributed by atoms with Crippen LogP contribution in [0.25, 0.3) is 0 Å². The van der Waals surface area contributed by atoms with E-state index in [1.54, 1.807) is 31.2 Å². The lowest BCUT2D eigenvalue weighted by molar-refractivity contribution is -0.291. The highest BCUT2D eigenvalue weighted by atomic mass is 16.7. The first-order valence-corrected chi connectivity index (χ1v) is 7.01. The lowest BCUT2D eigenvalue weighted by atomic mass is 9.98. The average Bonchev–Trinajstić information content (AvgIpc) is 2.54. The number of aliphatic hydroxyl groups is 4. The molecule has 2 rings (SSSR count). The first-order chi connectivity index (χ1) is 10.5. The molecule has 4 N–H and O–H groups in total. The molecule has 122 valence electrons. The Balaban J connectivity index is 2.04. The van der Waals surface area contributed by atoms with E-state index in [-0.39, 0.29) is 0 Å². The molecule has 1 aliphatic rings. The third-order valence-corrected chi connectivity index (χ3v) is 3.75. The molecule has 1 aliphatic heterocycles. The molecule has 0 aromatic heterocycles. The quantitative estimate of drug-likeness (QED) is 0.534. The van der Waals surface area contributed by atoms with E-state index >= 15 is 0 Å². The van der Waals surface area contributed by atoms with Crippen molar-refractivity contribution in [2.24, 2.45) is 0 Å². The summed E-state index contributed by atoms with van der Waals surface area (Å²) in [5, 5.41) is 38.5. The smallest absolute Gasteiger partial charge is 0.313 e. The molecule has 0 bridgehead atoms. The maximum atomic E-state index is 12.1. The molecule has 0 saturated carbocycles. The summed E-state index contributed by atoms with van der Waals surface area (Å²) < 4.78 is 10.0. The van der Waals surface area contributed by atoms with Crippen molar-refractivity contribution in [2.45, 2.75) is 43.5 Å². The van der Waals surface area contributed by atoms with Crippen molar-refractivity contribution in [2.75, 3.05) is 6.61 Å². The summed E-state index contributed by atoms with van der Waals surface area (Å²) in [5.41, 5.74) is 0.724. The maximum absolute atomic E-state index is 12.1. The predicted octanol–water partition coefficient (Wildman–Crippen LogP) is -0.867. The van der Waals surface area contributed by atoms with Crippen molar-refractivity contribution in [3.63, 3.8) is 0 Å². The molecule has 1 saturated heterocycles. The van der Waals surface area contributed by atoms with Gasteiger partial charge in [-0.25, -0.2) is 0 Å². The highest BCUT2D eigenvalue weighted by Crippen LogP contribution is 2.25. The van der Waals surface area contributed by atoms with Crippen LogP contribution in [0.15, 0.2) is 30.3 Å². The van der Waals surface area contributed by atoms with Crippen LogP contribution in [0.5, 0.6) is 0 Å². The van der Waals surface area contributed by atoms with Crippen LogP contribution >= 0.6 is 0 Å². The van der Waals surface area contributed by atoms with E-state index in [9.17, 15) is 20.1 Å². The highest BCUT2D eigenvalue weighted by molar-refractivity contribution is 5.77. The van der Waals surface area contributed by atoms with Crippen molar-refractivity contribution >= 4 is 5.97 Å². The lowest BCUT2D eigenvalue weighted by Gasteiger charge is -2.39. The average molecular weight is 312 g/mol. The van der Waals surface area contributed by atoms with Crippen LogP contribution in [-0.2, 0) is 14.3 Å². The summed E-state index contributed by atoms with van der Waals surface area (Å²) >= 11 is 0. The van der Waals surface area contributed by atoms with E-state index in [4.69, 9.17) is 14.6 Å². The van der Waals surface area contributed by atoms with Crippen molar-refractivity contribution in [3.05, 3.63) is 35.9 Å². The number of ether oxygens (including phenoxy) is 2. The molecular weight excluding hydrogens is 292 g/mol. The second-order valence-electron chi connectivity index (χ2n) is 5.26. The molecule has 0 amide bonds. The van der Waals surface area contributed by atoms with Gasteiger partial charge in [0.2, 0.25) is 0 Å². The number of hydrogen-bond donors (Lipinski definition) is 4. The summed E-state index contributed by atoms with van der Waals surface area (Å²) in [4.78, 5) is 12.1. The van der Waals surface area contributed by atoms with Crippen LogP contribution in [0, 0.1) is 0 Å². The molecule has 1 aromatic rings. The first kappa shape index (κ1) is 16.9. The minimum atomic E-state index is -1.62. The Kier molecular flexibility index (Phi) is 5.49. The van der Waals surface area contributed by atoms with Gasteiger partial charge in [0.15, 0.2) is 12.4 Å². The molecule has 1 heterocycles. The molecule has 1 fully saturated rings. The summed E-state index contributed by atoms with van der Waals surface area (Å²) in [6.07, 6.45) is -7.18. The summed E-state index contributed by atoms with van der Waals surface area (Å²) in [7, 11) is 0. The van der Waals surface area contributed by atoms with E-state index in [1.807, 2.05) is 6.07 Å². The van der Waals surface area contributed by atoms with Crippen molar-refractivity contribution in [3.8, 4) is 0 Å². The third-order valence-electron chi connectivity index (χ3n) is 3.75. The van der Waals surface area contributed by atoms with Crippen molar-refractivity contribution in [1.82, 2.24) is 0 Å². The van der Waals surface area contributed by atoms with Gasteiger partial charge in [-0.05, 0) is 12.5 Å². The minimum absolute atomic E-state index is 0.573.